The van der Waals surface area contributed by atoms with Crippen molar-refractivity contribution in [3.8, 4) is 5.75 Å². The number of hydrogen-bond acceptors (Lipinski definition) is 5. The molecule has 1 aliphatic rings. The molecule has 0 saturated carbocycles. The number of nitrogens with zero attached hydrogens (tertiary/aromatic N) is 1. The summed E-state index contributed by atoms with van der Waals surface area (Å²) in [4.78, 5) is 26.2. The average molecular weight is 394 g/mol. The van der Waals surface area contributed by atoms with Crippen molar-refractivity contribution in [3.63, 3.8) is 0 Å². The van der Waals surface area contributed by atoms with Gasteiger partial charge in [0.15, 0.2) is 6.61 Å². The number of hydrogen-bond donors (Lipinski definition) is 1. The number of esters is 1. The molecule has 2 aromatic rings. The van der Waals surface area contributed by atoms with E-state index in [9.17, 15) is 9.59 Å². The number of rotatable bonds is 7. The third-order valence-electron chi connectivity index (χ3n) is 4.75. The van der Waals surface area contributed by atoms with Gasteiger partial charge in [-0.25, -0.2) is 4.79 Å². The van der Waals surface area contributed by atoms with E-state index in [4.69, 9.17) is 9.47 Å². The Balaban J connectivity index is 1.42. The minimum atomic E-state index is -0.573. The highest BCUT2D eigenvalue weighted by Crippen LogP contribution is 2.21. The summed E-state index contributed by atoms with van der Waals surface area (Å²) >= 11 is 0. The van der Waals surface area contributed by atoms with E-state index in [-0.39, 0.29) is 12.5 Å². The molecule has 1 fully saturated rings. The van der Waals surface area contributed by atoms with Crippen LogP contribution in [-0.2, 0) is 14.3 Å². The van der Waals surface area contributed by atoms with Crippen molar-refractivity contribution >= 4 is 29.3 Å². The summed E-state index contributed by atoms with van der Waals surface area (Å²) in [6, 6.07) is 15.0. The monoisotopic (exact) mass is 394 g/mol. The molecule has 0 aromatic heterocycles. The Morgan fingerprint density at radius 3 is 2.34 bits per heavy atom. The number of methoxy groups -OCH3 is 1. The Labute approximate surface area is 171 Å². The van der Waals surface area contributed by atoms with E-state index in [1.807, 2.05) is 36.4 Å². The van der Waals surface area contributed by atoms with Crippen molar-refractivity contribution in [1.82, 2.24) is 0 Å². The van der Waals surface area contributed by atoms with Gasteiger partial charge in [-0.2, -0.15) is 0 Å². The largest absolute Gasteiger partial charge is 0.497 e. The van der Waals surface area contributed by atoms with Crippen molar-refractivity contribution in [1.29, 1.82) is 0 Å². The Morgan fingerprint density at radius 2 is 1.69 bits per heavy atom. The third-order valence-corrected chi connectivity index (χ3v) is 4.75. The molecule has 152 valence electrons. The van der Waals surface area contributed by atoms with Crippen LogP contribution in [0, 0.1) is 0 Å². The number of amides is 1. The fourth-order valence-electron chi connectivity index (χ4n) is 3.17. The Morgan fingerprint density at radius 1 is 1.00 bits per heavy atom. The van der Waals surface area contributed by atoms with Gasteiger partial charge in [0, 0.05) is 30.5 Å². The first-order valence-corrected chi connectivity index (χ1v) is 9.78. The summed E-state index contributed by atoms with van der Waals surface area (Å²) in [6.07, 6.45) is 6.65. The highest BCUT2D eigenvalue weighted by molar-refractivity contribution is 5.94. The molecule has 0 atom stereocenters. The molecule has 6 heteroatoms. The first-order valence-electron chi connectivity index (χ1n) is 9.78. The lowest BCUT2D eigenvalue weighted by atomic mass is 10.1. The lowest BCUT2D eigenvalue weighted by Gasteiger charge is -2.28. The molecule has 1 heterocycles. The standard InChI is InChI=1S/C23H26N2O4/c1-28-21-12-5-18(6-13-21)7-14-23(27)29-17-22(26)24-19-8-10-20(11-9-19)25-15-3-2-4-16-25/h5-14H,2-4,15-17H2,1H3,(H,24,26)/b14-7+. The molecule has 29 heavy (non-hydrogen) atoms. The van der Waals surface area contributed by atoms with Crippen LogP contribution in [0.15, 0.2) is 54.6 Å². The smallest absolute Gasteiger partial charge is 0.331 e. The average Bonchev–Trinajstić information content (AvgIpc) is 2.78. The highest BCUT2D eigenvalue weighted by Gasteiger charge is 2.11. The van der Waals surface area contributed by atoms with E-state index < -0.39 is 5.97 Å². The SMILES string of the molecule is COc1ccc(/C=C/C(=O)OCC(=O)Nc2ccc(N3CCCCC3)cc2)cc1. The molecular weight excluding hydrogens is 368 g/mol. The van der Waals surface area contributed by atoms with Gasteiger partial charge in [-0.1, -0.05) is 12.1 Å². The molecule has 0 bridgehead atoms. The summed E-state index contributed by atoms with van der Waals surface area (Å²) in [6.45, 7) is 1.82. The van der Waals surface area contributed by atoms with E-state index >= 15 is 0 Å². The van der Waals surface area contributed by atoms with Crippen LogP contribution in [0.3, 0.4) is 0 Å². The fraction of sp³-hybridized carbons (Fsp3) is 0.304. The Bertz CT molecular complexity index is 838. The number of carbonyl (C=O) groups excluding carboxylic acids is 2. The quantitative estimate of drug-likeness (QED) is 0.570. The molecule has 1 amide bonds. The van der Waals surface area contributed by atoms with Gasteiger partial charge in [0.2, 0.25) is 0 Å². The Hall–Kier alpha value is -3.28. The number of piperidine rings is 1. The third kappa shape index (κ3) is 6.38. The summed E-state index contributed by atoms with van der Waals surface area (Å²) in [5.74, 6) is -0.205. The van der Waals surface area contributed by atoms with E-state index in [0.29, 0.717) is 5.69 Å². The van der Waals surface area contributed by atoms with E-state index in [1.165, 1.54) is 25.3 Å². The van der Waals surface area contributed by atoms with Crippen molar-refractivity contribution in [3.05, 3.63) is 60.2 Å². The molecule has 3 rings (SSSR count). The van der Waals surface area contributed by atoms with Crippen LogP contribution >= 0.6 is 0 Å². The maximum Gasteiger partial charge on any atom is 0.331 e. The number of ether oxygens (including phenoxy) is 2. The minimum absolute atomic E-state index is 0.334. The lowest BCUT2D eigenvalue weighted by Crippen LogP contribution is -2.29. The molecule has 1 aliphatic heterocycles. The number of anilines is 2. The molecular formula is C23H26N2O4. The fourth-order valence-corrected chi connectivity index (χ4v) is 3.17. The van der Waals surface area contributed by atoms with Crippen LogP contribution in [0.5, 0.6) is 5.75 Å². The number of nitrogens with one attached hydrogen (secondary N) is 1. The van der Waals surface area contributed by atoms with Gasteiger partial charge in [0.25, 0.3) is 5.91 Å². The number of carbonyl (C=O) groups is 2. The van der Waals surface area contributed by atoms with Crippen molar-refractivity contribution in [2.24, 2.45) is 0 Å². The molecule has 0 aliphatic carbocycles. The van der Waals surface area contributed by atoms with E-state index in [0.717, 1.165) is 30.1 Å². The molecule has 0 radical (unpaired) electrons. The van der Waals surface area contributed by atoms with Crippen LogP contribution < -0.4 is 15.0 Å². The first kappa shape index (κ1) is 20.5. The van der Waals surface area contributed by atoms with Gasteiger partial charge in [0.1, 0.15) is 5.75 Å². The predicted molar refractivity (Wildman–Crippen MR) is 114 cm³/mol. The van der Waals surface area contributed by atoms with Gasteiger partial charge < -0.3 is 19.7 Å². The van der Waals surface area contributed by atoms with Crippen LogP contribution in [0.2, 0.25) is 0 Å². The van der Waals surface area contributed by atoms with Crippen LogP contribution in [0.25, 0.3) is 6.08 Å². The molecule has 6 nitrogen and oxygen atoms in total. The van der Waals surface area contributed by atoms with Crippen molar-refractivity contribution in [2.45, 2.75) is 19.3 Å². The van der Waals surface area contributed by atoms with Crippen molar-refractivity contribution < 1.29 is 19.1 Å². The summed E-state index contributed by atoms with van der Waals surface area (Å²) < 4.78 is 10.1. The summed E-state index contributed by atoms with van der Waals surface area (Å²) in [7, 11) is 1.59. The highest BCUT2D eigenvalue weighted by atomic mass is 16.5. The molecule has 1 saturated heterocycles. The van der Waals surface area contributed by atoms with Gasteiger partial charge >= 0.3 is 5.97 Å². The molecule has 0 unspecified atom stereocenters. The normalized spacial score (nSPS) is 13.9. The molecule has 1 N–H and O–H groups in total. The molecule has 2 aromatic carbocycles. The van der Waals surface area contributed by atoms with Gasteiger partial charge in [-0.05, 0) is 67.3 Å². The van der Waals surface area contributed by atoms with Gasteiger partial charge in [-0.3, -0.25) is 4.79 Å². The second-order valence-corrected chi connectivity index (χ2v) is 6.86. The summed E-state index contributed by atoms with van der Waals surface area (Å²) in [5.41, 5.74) is 2.68. The van der Waals surface area contributed by atoms with E-state index in [2.05, 4.69) is 10.2 Å². The zero-order chi connectivity index (χ0) is 20.5. The topological polar surface area (TPSA) is 67.9 Å². The lowest BCUT2D eigenvalue weighted by molar-refractivity contribution is -0.142. The van der Waals surface area contributed by atoms with Crippen LogP contribution in [-0.4, -0.2) is 38.7 Å². The van der Waals surface area contributed by atoms with Crippen LogP contribution in [0.4, 0.5) is 11.4 Å². The number of benzene rings is 2. The summed E-state index contributed by atoms with van der Waals surface area (Å²) in [5, 5.41) is 2.74. The zero-order valence-electron chi connectivity index (χ0n) is 16.6. The van der Waals surface area contributed by atoms with E-state index in [1.54, 1.807) is 25.3 Å². The first-order chi connectivity index (χ1) is 14.1. The van der Waals surface area contributed by atoms with Crippen molar-refractivity contribution in [2.75, 3.05) is 37.0 Å². The van der Waals surface area contributed by atoms with Crippen LogP contribution in [0.1, 0.15) is 24.8 Å². The van der Waals surface area contributed by atoms with Gasteiger partial charge in [-0.15, -0.1) is 0 Å². The van der Waals surface area contributed by atoms with Gasteiger partial charge in [0.05, 0.1) is 7.11 Å². The Kier molecular flexibility index (Phi) is 7.28. The maximum absolute atomic E-state index is 12.0. The molecule has 0 spiro atoms. The minimum Gasteiger partial charge on any atom is -0.497 e. The predicted octanol–water partition coefficient (Wildman–Crippen LogP) is 3.88. The maximum atomic E-state index is 12.0. The second kappa shape index (κ2) is 10.3. The second-order valence-electron chi connectivity index (χ2n) is 6.86. The zero-order valence-corrected chi connectivity index (χ0v) is 16.6.